The SMILES string of the molecule is COc1cc(-n2cnc(Nc3ccc4ccc(Nc5cn(-c6cc(OC)c(OC)c(OC)c6)cn5)cc4c3)c2)cc(C)c1OC. The van der Waals surface area contributed by atoms with Crippen molar-refractivity contribution >= 4 is 33.8 Å². The summed E-state index contributed by atoms with van der Waals surface area (Å²) < 4.78 is 31.3. The van der Waals surface area contributed by atoms with Crippen molar-refractivity contribution in [2.24, 2.45) is 0 Å². The Bertz CT molecular complexity index is 1960. The van der Waals surface area contributed by atoms with Crippen LogP contribution in [0.25, 0.3) is 22.1 Å². The van der Waals surface area contributed by atoms with E-state index >= 15 is 0 Å². The van der Waals surface area contributed by atoms with Gasteiger partial charge in [0.2, 0.25) is 5.75 Å². The number of hydrogen-bond acceptors (Lipinski definition) is 9. The number of anilines is 4. The summed E-state index contributed by atoms with van der Waals surface area (Å²) in [4.78, 5) is 9.11. The molecule has 0 fully saturated rings. The van der Waals surface area contributed by atoms with Crippen LogP contribution in [0.1, 0.15) is 5.56 Å². The molecule has 11 nitrogen and oxygen atoms in total. The van der Waals surface area contributed by atoms with E-state index in [9.17, 15) is 0 Å². The Morgan fingerprint density at radius 3 is 1.47 bits per heavy atom. The minimum absolute atomic E-state index is 0.536. The lowest BCUT2D eigenvalue weighted by atomic mass is 10.1. The summed E-state index contributed by atoms with van der Waals surface area (Å²) in [6.45, 7) is 1.99. The van der Waals surface area contributed by atoms with Gasteiger partial charge < -0.3 is 43.5 Å². The van der Waals surface area contributed by atoms with Gasteiger partial charge in [-0.1, -0.05) is 12.1 Å². The second-order valence-electron chi connectivity index (χ2n) is 10.2. The smallest absolute Gasteiger partial charge is 0.203 e. The highest BCUT2D eigenvalue weighted by molar-refractivity contribution is 5.89. The minimum Gasteiger partial charge on any atom is -0.493 e. The average Bonchev–Trinajstić information content (AvgIpc) is 3.73. The molecule has 0 saturated carbocycles. The van der Waals surface area contributed by atoms with Crippen LogP contribution in [0.2, 0.25) is 0 Å². The second-order valence-corrected chi connectivity index (χ2v) is 10.2. The lowest BCUT2D eigenvalue weighted by Crippen LogP contribution is -1.98. The van der Waals surface area contributed by atoms with Gasteiger partial charge in [-0.15, -0.1) is 0 Å². The fourth-order valence-corrected chi connectivity index (χ4v) is 5.26. The van der Waals surface area contributed by atoms with Gasteiger partial charge in [0.15, 0.2) is 23.0 Å². The molecule has 2 heterocycles. The molecule has 6 aromatic rings. The molecule has 0 aliphatic carbocycles. The Balaban J connectivity index is 1.20. The highest BCUT2D eigenvalue weighted by atomic mass is 16.5. The largest absolute Gasteiger partial charge is 0.493 e. The van der Waals surface area contributed by atoms with E-state index in [1.807, 2.05) is 64.8 Å². The van der Waals surface area contributed by atoms with E-state index in [4.69, 9.17) is 23.7 Å². The van der Waals surface area contributed by atoms with Gasteiger partial charge in [-0.05, 0) is 53.6 Å². The zero-order valence-corrected chi connectivity index (χ0v) is 25.9. The standard InChI is InChI=1S/C34H34N6O5/c1-21-11-26(14-28(41-2)33(21)44-5)39-17-31(35-19-39)37-24-9-7-22-8-10-25(13-23(22)12-24)38-32-18-40(20-36-32)27-15-29(42-3)34(45-6)30(16-27)43-4/h7-20,37-38H,1-6H3. The van der Waals surface area contributed by atoms with Gasteiger partial charge in [0.25, 0.3) is 0 Å². The first-order chi connectivity index (χ1) is 21.9. The molecule has 0 bridgehead atoms. The Morgan fingerprint density at radius 2 is 1.00 bits per heavy atom. The zero-order chi connectivity index (χ0) is 31.5. The molecule has 2 N–H and O–H groups in total. The molecule has 0 saturated heterocycles. The van der Waals surface area contributed by atoms with Crippen LogP contribution in [0.15, 0.2) is 85.7 Å². The van der Waals surface area contributed by atoms with Crippen molar-refractivity contribution in [2.45, 2.75) is 6.92 Å². The van der Waals surface area contributed by atoms with Gasteiger partial charge in [-0.2, -0.15) is 0 Å². The molecule has 6 rings (SSSR count). The number of benzene rings is 4. The molecule has 230 valence electrons. The number of ether oxygens (including phenoxy) is 5. The molecule has 0 amide bonds. The molecule has 45 heavy (non-hydrogen) atoms. The first-order valence-electron chi connectivity index (χ1n) is 14.1. The number of fused-ring (bicyclic) bond motifs is 1. The predicted octanol–water partition coefficient (Wildman–Crippen LogP) is 7.05. The number of hydrogen-bond donors (Lipinski definition) is 2. The lowest BCUT2D eigenvalue weighted by Gasteiger charge is -2.14. The highest BCUT2D eigenvalue weighted by Crippen LogP contribution is 2.39. The number of nitrogens with one attached hydrogen (secondary N) is 2. The Kier molecular flexibility index (Phi) is 8.06. The molecule has 0 spiro atoms. The maximum Gasteiger partial charge on any atom is 0.203 e. The third-order valence-corrected chi connectivity index (χ3v) is 7.45. The molecule has 0 radical (unpaired) electrons. The number of aryl methyl sites for hydroxylation is 1. The van der Waals surface area contributed by atoms with Crippen LogP contribution in [0.3, 0.4) is 0 Å². The van der Waals surface area contributed by atoms with Gasteiger partial charge in [0.1, 0.15) is 24.3 Å². The van der Waals surface area contributed by atoms with E-state index in [1.165, 1.54) is 0 Å². The minimum atomic E-state index is 0.536. The van der Waals surface area contributed by atoms with Gasteiger partial charge in [-0.3, -0.25) is 0 Å². The van der Waals surface area contributed by atoms with E-state index in [-0.39, 0.29) is 0 Å². The van der Waals surface area contributed by atoms with Gasteiger partial charge in [0.05, 0.1) is 59.3 Å². The summed E-state index contributed by atoms with van der Waals surface area (Å²) in [7, 11) is 8.04. The highest BCUT2D eigenvalue weighted by Gasteiger charge is 2.15. The summed E-state index contributed by atoms with van der Waals surface area (Å²) in [5.41, 5.74) is 4.54. The molecule has 0 unspecified atom stereocenters. The molecule has 11 heteroatoms. The zero-order valence-electron chi connectivity index (χ0n) is 25.9. The number of rotatable bonds is 11. The Hall–Kier alpha value is -5.84. The summed E-state index contributed by atoms with van der Waals surface area (Å²) in [5.74, 6) is 4.46. The first-order valence-corrected chi connectivity index (χ1v) is 14.1. The van der Waals surface area contributed by atoms with Crippen LogP contribution >= 0.6 is 0 Å². The van der Waals surface area contributed by atoms with Crippen LogP contribution in [-0.4, -0.2) is 54.7 Å². The number of aromatic nitrogens is 4. The molecule has 0 aliphatic heterocycles. The van der Waals surface area contributed by atoms with Crippen LogP contribution in [-0.2, 0) is 0 Å². The number of nitrogens with zero attached hydrogens (tertiary/aromatic N) is 4. The van der Waals surface area contributed by atoms with Crippen molar-refractivity contribution in [3.05, 3.63) is 91.3 Å². The van der Waals surface area contributed by atoms with E-state index in [1.54, 1.807) is 48.2 Å². The van der Waals surface area contributed by atoms with Crippen molar-refractivity contribution in [2.75, 3.05) is 46.2 Å². The normalized spacial score (nSPS) is 10.9. The molecular formula is C34H34N6O5. The van der Waals surface area contributed by atoms with E-state index in [2.05, 4.69) is 44.9 Å². The van der Waals surface area contributed by atoms with E-state index in [0.717, 1.165) is 44.8 Å². The van der Waals surface area contributed by atoms with E-state index < -0.39 is 0 Å². The van der Waals surface area contributed by atoms with Crippen LogP contribution < -0.4 is 34.3 Å². The van der Waals surface area contributed by atoms with Crippen molar-refractivity contribution in [3.8, 4) is 40.1 Å². The van der Waals surface area contributed by atoms with Crippen LogP contribution in [0, 0.1) is 6.92 Å². The van der Waals surface area contributed by atoms with Crippen molar-refractivity contribution in [1.29, 1.82) is 0 Å². The fraction of sp³-hybridized carbons (Fsp3) is 0.176. The topological polar surface area (TPSA) is 106 Å². The summed E-state index contributed by atoms with van der Waals surface area (Å²) >= 11 is 0. The maximum absolute atomic E-state index is 5.52. The monoisotopic (exact) mass is 606 g/mol. The summed E-state index contributed by atoms with van der Waals surface area (Å²) in [6.07, 6.45) is 7.34. The third-order valence-electron chi connectivity index (χ3n) is 7.45. The lowest BCUT2D eigenvalue weighted by molar-refractivity contribution is 0.324. The van der Waals surface area contributed by atoms with Gasteiger partial charge in [0, 0.05) is 29.6 Å². The van der Waals surface area contributed by atoms with Gasteiger partial charge in [-0.25, -0.2) is 9.97 Å². The Labute approximate surface area is 260 Å². The van der Waals surface area contributed by atoms with Crippen LogP contribution in [0.4, 0.5) is 23.0 Å². The van der Waals surface area contributed by atoms with Crippen molar-refractivity contribution in [3.63, 3.8) is 0 Å². The molecular weight excluding hydrogens is 572 g/mol. The molecule has 2 aromatic heterocycles. The first kappa shape index (κ1) is 29.2. The number of methoxy groups -OCH3 is 5. The van der Waals surface area contributed by atoms with E-state index in [0.29, 0.717) is 34.6 Å². The third kappa shape index (κ3) is 5.87. The average molecular weight is 607 g/mol. The second kappa shape index (κ2) is 12.4. The predicted molar refractivity (Wildman–Crippen MR) is 175 cm³/mol. The quantitative estimate of drug-likeness (QED) is 0.160. The maximum atomic E-state index is 5.52. The Morgan fingerprint density at radius 1 is 0.533 bits per heavy atom. The molecule has 0 aliphatic rings. The summed E-state index contributed by atoms with van der Waals surface area (Å²) in [6, 6.07) is 20.1. The van der Waals surface area contributed by atoms with Crippen molar-refractivity contribution in [1.82, 2.24) is 19.1 Å². The summed E-state index contributed by atoms with van der Waals surface area (Å²) in [5, 5.41) is 8.99. The fourth-order valence-electron chi connectivity index (χ4n) is 5.26. The number of imidazole rings is 2. The molecule has 0 atom stereocenters. The van der Waals surface area contributed by atoms with Gasteiger partial charge >= 0.3 is 0 Å². The van der Waals surface area contributed by atoms with Crippen LogP contribution in [0.5, 0.6) is 28.7 Å². The van der Waals surface area contributed by atoms with Crippen molar-refractivity contribution < 1.29 is 23.7 Å². The molecule has 4 aromatic carbocycles.